The number of rotatable bonds is 7. The Labute approximate surface area is 134 Å². The minimum Gasteiger partial charge on any atom is -0.493 e. The van der Waals surface area contributed by atoms with Gasteiger partial charge in [0.1, 0.15) is 10.6 Å². The van der Waals surface area contributed by atoms with Crippen molar-refractivity contribution in [3.63, 3.8) is 0 Å². The maximum absolute atomic E-state index is 11.1. The third-order valence-electron chi connectivity index (χ3n) is 3.41. The summed E-state index contributed by atoms with van der Waals surface area (Å²) in [6.07, 6.45) is 2.22. The molecule has 2 rings (SSSR count). The SMILES string of the molecule is CCc1nc(CCCOc2cc(C)ccc2C)sc1C(=O)O. The number of carbonyl (C=O) groups is 1. The number of carboxylic acid groups (broad SMARTS) is 1. The zero-order valence-corrected chi connectivity index (χ0v) is 14.0. The summed E-state index contributed by atoms with van der Waals surface area (Å²) in [5.74, 6) is 0.0341. The molecular weight excluding hydrogens is 298 g/mol. The van der Waals surface area contributed by atoms with E-state index in [4.69, 9.17) is 9.84 Å². The molecule has 0 saturated carbocycles. The van der Waals surface area contributed by atoms with E-state index in [1.54, 1.807) is 0 Å². The molecule has 0 saturated heterocycles. The summed E-state index contributed by atoms with van der Waals surface area (Å²) >= 11 is 1.28. The Morgan fingerprint density at radius 2 is 2.14 bits per heavy atom. The second-order valence-electron chi connectivity index (χ2n) is 5.26. The second kappa shape index (κ2) is 7.40. The highest BCUT2D eigenvalue weighted by molar-refractivity contribution is 7.13. The van der Waals surface area contributed by atoms with Gasteiger partial charge in [0.25, 0.3) is 0 Å². The largest absolute Gasteiger partial charge is 0.493 e. The molecule has 0 unspecified atom stereocenters. The summed E-state index contributed by atoms with van der Waals surface area (Å²) in [7, 11) is 0. The number of hydrogen-bond acceptors (Lipinski definition) is 4. The van der Waals surface area contributed by atoms with E-state index < -0.39 is 5.97 Å². The number of ether oxygens (including phenoxy) is 1. The zero-order chi connectivity index (χ0) is 16.1. The molecule has 0 radical (unpaired) electrons. The summed E-state index contributed by atoms with van der Waals surface area (Å²) in [6.45, 7) is 6.60. The molecule has 0 atom stereocenters. The Bertz CT molecular complexity index is 664. The number of hydrogen-bond donors (Lipinski definition) is 1. The first-order valence-corrected chi connectivity index (χ1v) is 8.24. The number of aryl methyl sites for hydroxylation is 4. The second-order valence-corrected chi connectivity index (χ2v) is 6.35. The van der Waals surface area contributed by atoms with Gasteiger partial charge in [-0.2, -0.15) is 0 Å². The van der Waals surface area contributed by atoms with Crippen LogP contribution in [-0.2, 0) is 12.8 Å². The van der Waals surface area contributed by atoms with Crippen molar-refractivity contribution in [3.05, 3.63) is 44.9 Å². The predicted molar refractivity (Wildman–Crippen MR) is 88.2 cm³/mol. The third kappa shape index (κ3) is 4.07. The zero-order valence-electron chi connectivity index (χ0n) is 13.2. The van der Waals surface area contributed by atoms with Crippen molar-refractivity contribution >= 4 is 17.3 Å². The van der Waals surface area contributed by atoms with E-state index in [0.717, 1.165) is 29.2 Å². The van der Waals surface area contributed by atoms with Crippen LogP contribution in [0, 0.1) is 13.8 Å². The highest BCUT2D eigenvalue weighted by atomic mass is 32.1. The van der Waals surface area contributed by atoms with Crippen molar-refractivity contribution in [1.29, 1.82) is 0 Å². The smallest absolute Gasteiger partial charge is 0.347 e. The molecule has 2 aromatic rings. The molecule has 0 aliphatic rings. The van der Waals surface area contributed by atoms with E-state index in [-0.39, 0.29) is 0 Å². The van der Waals surface area contributed by atoms with Gasteiger partial charge in [-0.3, -0.25) is 0 Å². The van der Waals surface area contributed by atoms with Crippen LogP contribution in [0.3, 0.4) is 0 Å². The first-order chi connectivity index (χ1) is 10.5. The molecule has 5 heteroatoms. The highest BCUT2D eigenvalue weighted by Crippen LogP contribution is 2.22. The summed E-state index contributed by atoms with van der Waals surface area (Å²) < 4.78 is 5.81. The van der Waals surface area contributed by atoms with Crippen LogP contribution in [0.1, 0.15) is 44.8 Å². The molecule has 0 aliphatic carbocycles. The molecule has 0 aliphatic heterocycles. The lowest BCUT2D eigenvalue weighted by Crippen LogP contribution is -2.01. The van der Waals surface area contributed by atoms with Crippen molar-refractivity contribution in [2.75, 3.05) is 6.61 Å². The molecule has 1 N–H and O–H groups in total. The minimum absolute atomic E-state index is 0.368. The first kappa shape index (κ1) is 16.5. The normalized spacial score (nSPS) is 10.7. The Morgan fingerprint density at radius 3 is 2.77 bits per heavy atom. The van der Waals surface area contributed by atoms with Crippen LogP contribution in [-0.4, -0.2) is 22.7 Å². The maximum Gasteiger partial charge on any atom is 0.347 e. The van der Waals surface area contributed by atoms with E-state index in [9.17, 15) is 4.79 Å². The number of carboxylic acids is 1. The Balaban J connectivity index is 1.89. The molecule has 1 aromatic heterocycles. The minimum atomic E-state index is -0.882. The van der Waals surface area contributed by atoms with Crippen LogP contribution < -0.4 is 4.74 Å². The molecule has 1 heterocycles. The number of aromatic nitrogens is 1. The van der Waals surface area contributed by atoms with Gasteiger partial charge in [0.15, 0.2) is 0 Å². The van der Waals surface area contributed by atoms with Crippen LogP contribution in [0.4, 0.5) is 0 Å². The third-order valence-corrected chi connectivity index (χ3v) is 4.55. The number of thiazole rings is 1. The molecule has 0 bridgehead atoms. The first-order valence-electron chi connectivity index (χ1n) is 7.43. The van der Waals surface area contributed by atoms with Crippen molar-refractivity contribution in [2.24, 2.45) is 0 Å². The summed E-state index contributed by atoms with van der Waals surface area (Å²) in [5, 5.41) is 10.0. The Hall–Kier alpha value is -1.88. The van der Waals surface area contributed by atoms with Crippen molar-refractivity contribution in [3.8, 4) is 5.75 Å². The lowest BCUT2D eigenvalue weighted by atomic mass is 10.1. The number of nitrogens with zero attached hydrogens (tertiary/aromatic N) is 1. The van der Waals surface area contributed by atoms with Gasteiger partial charge in [-0.1, -0.05) is 19.1 Å². The van der Waals surface area contributed by atoms with E-state index in [2.05, 4.69) is 17.1 Å². The molecule has 0 fully saturated rings. The average molecular weight is 319 g/mol. The molecule has 0 amide bonds. The quantitative estimate of drug-likeness (QED) is 0.783. The van der Waals surface area contributed by atoms with Crippen LogP contribution in [0.25, 0.3) is 0 Å². The molecule has 22 heavy (non-hydrogen) atoms. The molecule has 118 valence electrons. The summed E-state index contributed by atoms with van der Waals surface area (Å²) in [6, 6.07) is 6.16. The topological polar surface area (TPSA) is 59.4 Å². The van der Waals surface area contributed by atoms with Gasteiger partial charge >= 0.3 is 5.97 Å². The fraction of sp³-hybridized carbons (Fsp3) is 0.412. The Kier molecular flexibility index (Phi) is 5.55. The monoisotopic (exact) mass is 319 g/mol. The van der Waals surface area contributed by atoms with Crippen LogP contribution in [0.15, 0.2) is 18.2 Å². The van der Waals surface area contributed by atoms with Crippen molar-refractivity contribution in [1.82, 2.24) is 4.98 Å². The fourth-order valence-corrected chi connectivity index (χ4v) is 3.22. The Morgan fingerprint density at radius 1 is 1.36 bits per heavy atom. The van der Waals surface area contributed by atoms with Gasteiger partial charge in [-0.05, 0) is 43.9 Å². The van der Waals surface area contributed by atoms with Crippen LogP contribution >= 0.6 is 11.3 Å². The lowest BCUT2D eigenvalue weighted by molar-refractivity contribution is 0.0701. The predicted octanol–water partition coefficient (Wildman–Crippen LogP) is 4.03. The molecular formula is C17H21NO3S. The molecule has 4 nitrogen and oxygen atoms in total. The molecule has 0 spiro atoms. The molecule has 1 aromatic carbocycles. The van der Waals surface area contributed by atoms with E-state index >= 15 is 0 Å². The average Bonchev–Trinajstić information content (AvgIpc) is 2.90. The summed E-state index contributed by atoms with van der Waals surface area (Å²) in [4.78, 5) is 15.9. The van der Waals surface area contributed by atoms with Gasteiger partial charge < -0.3 is 9.84 Å². The summed E-state index contributed by atoms with van der Waals surface area (Å²) in [5.41, 5.74) is 2.99. The fourth-order valence-electron chi connectivity index (χ4n) is 2.18. The van der Waals surface area contributed by atoms with Gasteiger partial charge in [-0.15, -0.1) is 11.3 Å². The number of benzene rings is 1. The van der Waals surface area contributed by atoms with Gasteiger partial charge in [0.2, 0.25) is 0 Å². The highest BCUT2D eigenvalue weighted by Gasteiger charge is 2.15. The lowest BCUT2D eigenvalue weighted by Gasteiger charge is -2.09. The van der Waals surface area contributed by atoms with Gasteiger partial charge in [-0.25, -0.2) is 9.78 Å². The van der Waals surface area contributed by atoms with Crippen LogP contribution in [0.2, 0.25) is 0 Å². The standard InChI is InChI=1S/C17H21NO3S/c1-4-13-16(17(19)20)22-15(18-13)6-5-9-21-14-10-11(2)7-8-12(14)3/h7-8,10H,4-6,9H2,1-3H3,(H,19,20). The van der Waals surface area contributed by atoms with Crippen molar-refractivity contribution in [2.45, 2.75) is 40.0 Å². The van der Waals surface area contributed by atoms with Crippen LogP contribution in [0.5, 0.6) is 5.75 Å². The maximum atomic E-state index is 11.1. The van der Waals surface area contributed by atoms with Crippen molar-refractivity contribution < 1.29 is 14.6 Å². The van der Waals surface area contributed by atoms with Gasteiger partial charge in [0.05, 0.1) is 17.3 Å². The van der Waals surface area contributed by atoms with E-state index in [1.165, 1.54) is 16.9 Å². The van der Waals surface area contributed by atoms with Gasteiger partial charge in [0, 0.05) is 6.42 Å². The van der Waals surface area contributed by atoms with E-state index in [0.29, 0.717) is 23.6 Å². The number of aromatic carboxylic acids is 1. The van der Waals surface area contributed by atoms with E-state index in [1.807, 2.05) is 26.8 Å².